The summed E-state index contributed by atoms with van der Waals surface area (Å²) in [7, 11) is 0. The SMILES string of the molecule is CCc1ccc(C(=O)CBr)cc1N. The zero-order valence-electron chi connectivity index (χ0n) is 7.51. The summed E-state index contributed by atoms with van der Waals surface area (Å²) in [5.74, 6) is 0.0642. The standard InChI is InChI=1S/C10H12BrNO/c1-2-7-3-4-8(5-9(7)12)10(13)6-11/h3-5H,2,6,12H2,1H3. The van der Waals surface area contributed by atoms with Crippen molar-refractivity contribution in [2.45, 2.75) is 13.3 Å². The molecule has 3 heteroatoms. The maximum absolute atomic E-state index is 11.3. The third kappa shape index (κ3) is 2.31. The zero-order chi connectivity index (χ0) is 9.84. The van der Waals surface area contributed by atoms with Gasteiger partial charge in [-0.25, -0.2) is 0 Å². The summed E-state index contributed by atoms with van der Waals surface area (Å²) < 4.78 is 0. The first-order valence-electron chi connectivity index (χ1n) is 4.16. The van der Waals surface area contributed by atoms with Gasteiger partial charge >= 0.3 is 0 Å². The fourth-order valence-electron chi connectivity index (χ4n) is 1.17. The minimum atomic E-state index is 0.0642. The summed E-state index contributed by atoms with van der Waals surface area (Å²) >= 11 is 3.12. The van der Waals surface area contributed by atoms with Crippen molar-refractivity contribution in [2.75, 3.05) is 11.1 Å². The van der Waals surface area contributed by atoms with Crippen LogP contribution in [0.3, 0.4) is 0 Å². The van der Waals surface area contributed by atoms with Crippen molar-refractivity contribution in [3.8, 4) is 0 Å². The molecule has 0 unspecified atom stereocenters. The van der Waals surface area contributed by atoms with E-state index in [0.717, 1.165) is 12.0 Å². The summed E-state index contributed by atoms with van der Waals surface area (Å²) in [5, 5.41) is 0.345. The van der Waals surface area contributed by atoms with Gasteiger partial charge in [-0.2, -0.15) is 0 Å². The van der Waals surface area contributed by atoms with Crippen LogP contribution in [0.15, 0.2) is 18.2 Å². The van der Waals surface area contributed by atoms with Crippen LogP contribution in [0.2, 0.25) is 0 Å². The van der Waals surface area contributed by atoms with Gasteiger partial charge < -0.3 is 5.73 Å². The van der Waals surface area contributed by atoms with Crippen LogP contribution >= 0.6 is 15.9 Å². The number of hydrogen-bond donors (Lipinski definition) is 1. The Balaban J connectivity index is 3.02. The van der Waals surface area contributed by atoms with E-state index in [1.165, 1.54) is 0 Å². The molecule has 0 aromatic heterocycles. The number of nitrogen functional groups attached to an aromatic ring is 1. The van der Waals surface area contributed by atoms with Crippen molar-refractivity contribution in [3.63, 3.8) is 0 Å². The molecule has 2 nitrogen and oxygen atoms in total. The number of halogens is 1. The van der Waals surface area contributed by atoms with Crippen LogP contribution in [0.4, 0.5) is 5.69 Å². The summed E-state index contributed by atoms with van der Waals surface area (Å²) in [4.78, 5) is 11.3. The van der Waals surface area contributed by atoms with Crippen molar-refractivity contribution in [2.24, 2.45) is 0 Å². The van der Waals surface area contributed by atoms with Crippen molar-refractivity contribution in [1.82, 2.24) is 0 Å². The lowest BCUT2D eigenvalue weighted by atomic mass is 10.1. The van der Waals surface area contributed by atoms with E-state index in [-0.39, 0.29) is 5.78 Å². The number of carbonyl (C=O) groups is 1. The number of hydrogen-bond acceptors (Lipinski definition) is 2. The second kappa shape index (κ2) is 4.42. The minimum Gasteiger partial charge on any atom is -0.398 e. The molecular formula is C10H12BrNO. The quantitative estimate of drug-likeness (QED) is 0.502. The van der Waals surface area contributed by atoms with Gasteiger partial charge in [0, 0.05) is 11.3 Å². The molecule has 0 aliphatic heterocycles. The van der Waals surface area contributed by atoms with Gasteiger partial charge in [0.2, 0.25) is 0 Å². The molecule has 0 saturated carbocycles. The number of anilines is 1. The lowest BCUT2D eigenvalue weighted by Crippen LogP contribution is -2.02. The van der Waals surface area contributed by atoms with E-state index in [1.54, 1.807) is 6.07 Å². The molecule has 1 aromatic carbocycles. The molecule has 1 rings (SSSR count). The van der Waals surface area contributed by atoms with E-state index in [1.807, 2.05) is 19.1 Å². The molecule has 0 heterocycles. The van der Waals surface area contributed by atoms with Gasteiger partial charge in [-0.3, -0.25) is 4.79 Å². The summed E-state index contributed by atoms with van der Waals surface area (Å²) in [6, 6.07) is 5.46. The molecule has 0 spiro atoms. The molecule has 1 aromatic rings. The van der Waals surface area contributed by atoms with Gasteiger partial charge in [-0.15, -0.1) is 0 Å². The molecule has 0 bridgehead atoms. The zero-order valence-corrected chi connectivity index (χ0v) is 9.10. The Bertz CT molecular complexity index is 323. The lowest BCUT2D eigenvalue weighted by Gasteiger charge is -2.04. The van der Waals surface area contributed by atoms with Gasteiger partial charge in [0.25, 0.3) is 0 Å². The maximum atomic E-state index is 11.3. The topological polar surface area (TPSA) is 43.1 Å². The van der Waals surface area contributed by atoms with E-state index in [9.17, 15) is 4.79 Å². The first kappa shape index (κ1) is 10.3. The Morgan fingerprint density at radius 2 is 2.23 bits per heavy atom. The predicted molar refractivity (Wildman–Crippen MR) is 58.4 cm³/mol. The summed E-state index contributed by atoms with van der Waals surface area (Å²) in [6.07, 6.45) is 0.897. The van der Waals surface area contributed by atoms with Crippen LogP contribution in [0.1, 0.15) is 22.8 Å². The molecule has 0 atom stereocenters. The Hall–Kier alpha value is -0.830. The molecule has 0 fully saturated rings. The molecule has 70 valence electrons. The average molecular weight is 242 g/mol. The summed E-state index contributed by atoms with van der Waals surface area (Å²) in [5.41, 5.74) is 8.22. The van der Waals surface area contributed by atoms with Crippen LogP contribution in [0.25, 0.3) is 0 Å². The highest BCUT2D eigenvalue weighted by molar-refractivity contribution is 9.09. The molecule has 0 saturated heterocycles. The second-order valence-electron chi connectivity index (χ2n) is 2.82. The molecule has 0 radical (unpaired) electrons. The number of Topliss-reactive ketones (excluding diaryl/α,β-unsaturated/α-hetero) is 1. The maximum Gasteiger partial charge on any atom is 0.173 e. The van der Waals surface area contributed by atoms with Gasteiger partial charge in [0.1, 0.15) is 0 Å². The number of nitrogens with two attached hydrogens (primary N) is 1. The highest BCUT2D eigenvalue weighted by Gasteiger charge is 2.05. The minimum absolute atomic E-state index is 0.0642. The number of aryl methyl sites for hydroxylation is 1. The third-order valence-electron chi connectivity index (χ3n) is 1.97. The number of carbonyl (C=O) groups excluding carboxylic acids is 1. The van der Waals surface area contributed by atoms with Crippen LogP contribution < -0.4 is 5.73 Å². The average Bonchev–Trinajstić information content (AvgIpc) is 2.16. The van der Waals surface area contributed by atoms with Crippen molar-refractivity contribution >= 4 is 27.4 Å². The van der Waals surface area contributed by atoms with E-state index < -0.39 is 0 Å². The fourth-order valence-corrected chi connectivity index (χ4v) is 1.49. The fraction of sp³-hybridized carbons (Fsp3) is 0.300. The van der Waals surface area contributed by atoms with Crippen molar-refractivity contribution in [1.29, 1.82) is 0 Å². The highest BCUT2D eigenvalue weighted by atomic mass is 79.9. The molecule has 0 amide bonds. The second-order valence-corrected chi connectivity index (χ2v) is 3.38. The molecule has 13 heavy (non-hydrogen) atoms. The van der Waals surface area contributed by atoms with Crippen LogP contribution in [-0.4, -0.2) is 11.1 Å². The van der Waals surface area contributed by atoms with Gasteiger partial charge in [0.05, 0.1) is 5.33 Å². The van der Waals surface area contributed by atoms with Gasteiger partial charge in [-0.1, -0.05) is 35.0 Å². The van der Waals surface area contributed by atoms with E-state index >= 15 is 0 Å². The lowest BCUT2D eigenvalue weighted by molar-refractivity contribution is 0.102. The first-order chi connectivity index (χ1) is 6.19. The number of benzene rings is 1. The summed E-state index contributed by atoms with van der Waals surface area (Å²) in [6.45, 7) is 2.04. The molecule has 0 aliphatic rings. The number of ketones is 1. The van der Waals surface area contributed by atoms with E-state index in [2.05, 4.69) is 15.9 Å². The molecule has 0 aliphatic carbocycles. The smallest absolute Gasteiger partial charge is 0.173 e. The van der Waals surface area contributed by atoms with Gasteiger partial charge in [0.15, 0.2) is 5.78 Å². The highest BCUT2D eigenvalue weighted by Crippen LogP contribution is 2.15. The Morgan fingerprint density at radius 1 is 1.54 bits per heavy atom. The molecular weight excluding hydrogens is 230 g/mol. The third-order valence-corrected chi connectivity index (χ3v) is 2.48. The van der Waals surface area contributed by atoms with Crippen LogP contribution in [-0.2, 0) is 6.42 Å². The Labute approximate surface area is 86.3 Å². The Kier molecular flexibility index (Phi) is 3.48. The van der Waals surface area contributed by atoms with Crippen molar-refractivity contribution < 1.29 is 4.79 Å². The van der Waals surface area contributed by atoms with E-state index in [4.69, 9.17) is 5.73 Å². The van der Waals surface area contributed by atoms with Gasteiger partial charge in [-0.05, 0) is 18.1 Å². The first-order valence-corrected chi connectivity index (χ1v) is 5.28. The predicted octanol–water partition coefficient (Wildman–Crippen LogP) is 2.41. The molecule has 2 N–H and O–H groups in total. The van der Waals surface area contributed by atoms with Crippen LogP contribution in [0, 0.1) is 0 Å². The normalized spacial score (nSPS) is 10.0. The number of rotatable bonds is 3. The Morgan fingerprint density at radius 3 is 2.69 bits per heavy atom. The monoisotopic (exact) mass is 241 g/mol. The number of alkyl halides is 1. The van der Waals surface area contributed by atoms with E-state index in [0.29, 0.717) is 16.6 Å². The van der Waals surface area contributed by atoms with Crippen molar-refractivity contribution in [3.05, 3.63) is 29.3 Å². The van der Waals surface area contributed by atoms with Crippen LogP contribution in [0.5, 0.6) is 0 Å². The largest absolute Gasteiger partial charge is 0.398 e.